The normalized spacial score (nSPS) is 26.9. The van der Waals surface area contributed by atoms with E-state index in [0.717, 1.165) is 31.4 Å². The molecule has 0 amide bonds. The third-order valence-electron chi connectivity index (χ3n) is 4.06. The minimum Gasteiger partial charge on any atom is -0.488 e. The van der Waals surface area contributed by atoms with Crippen molar-refractivity contribution in [3.05, 3.63) is 29.8 Å². The Hall–Kier alpha value is -1.02. The second-order valence-corrected chi connectivity index (χ2v) is 5.98. The van der Waals surface area contributed by atoms with Gasteiger partial charge in [-0.05, 0) is 48.8 Å². The maximum absolute atomic E-state index is 10.4. The zero-order chi connectivity index (χ0) is 13.2. The van der Waals surface area contributed by atoms with Crippen LogP contribution in [0.1, 0.15) is 45.6 Å². The lowest BCUT2D eigenvalue weighted by atomic mass is 9.73. The average Bonchev–Trinajstić information content (AvgIpc) is 2.35. The first kappa shape index (κ1) is 13.4. The summed E-state index contributed by atoms with van der Waals surface area (Å²) in [6, 6.07) is 8.18. The van der Waals surface area contributed by atoms with Crippen molar-refractivity contribution in [1.82, 2.24) is 0 Å². The van der Waals surface area contributed by atoms with Gasteiger partial charge in [-0.15, -0.1) is 0 Å². The predicted molar refractivity (Wildman–Crippen MR) is 73.9 cm³/mol. The van der Waals surface area contributed by atoms with Gasteiger partial charge in [0.2, 0.25) is 0 Å². The minimum absolute atomic E-state index is 0.0364. The van der Waals surface area contributed by atoms with Gasteiger partial charge < -0.3 is 9.84 Å². The van der Waals surface area contributed by atoms with Crippen LogP contribution < -0.4 is 4.74 Å². The second-order valence-electron chi connectivity index (χ2n) is 5.98. The molecule has 1 aliphatic rings. The van der Waals surface area contributed by atoms with Crippen LogP contribution in [-0.4, -0.2) is 17.3 Å². The van der Waals surface area contributed by atoms with Crippen molar-refractivity contribution in [1.29, 1.82) is 0 Å². The topological polar surface area (TPSA) is 29.5 Å². The zero-order valence-electron chi connectivity index (χ0n) is 11.6. The van der Waals surface area contributed by atoms with E-state index in [0.29, 0.717) is 0 Å². The Morgan fingerprint density at radius 1 is 1.39 bits per heavy atom. The van der Waals surface area contributed by atoms with Crippen molar-refractivity contribution >= 4 is 0 Å². The van der Waals surface area contributed by atoms with E-state index in [9.17, 15) is 5.11 Å². The second kappa shape index (κ2) is 5.31. The molecule has 2 atom stereocenters. The molecule has 1 saturated carbocycles. The van der Waals surface area contributed by atoms with E-state index >= 15 is 0 Å². The number of aliphatic hydroxyl groups is 1. The van der Waals surface area contributed by atoms with Crippen LogP contribution in [0.15, 0.2) is 24.3 Å². The molecule has 1 aliphatic carbocycles. The number of ether oxygens (including phenoxy) is 1. The molecule has 0 aromatic heterocycles. The lowest BCUT2D eigenvalue weighted by Crippen LogP contribution is -2.46. The van der Waals surface area contributed by atoms with Crippen LogP contribution in [0.25, 0.3) is 0 Å². The molecule has 0 saturated heterocycles. The van der Waals surface area contributed by atoms with Crippen LogP contribution in [0.4, 0.5) is 0 Å². The lowest BCUT2D eigenvalue weighted by Gasteiger charge is -2.40. The molecule has 0 radical (unpaired) electrons. The fraction of sp³-hybridized carbons (Fsp3) is 0.625. The van der Waals surface area contributed by atoms with Gasteiger partial charge in [0.05, 0.1) is 6.10 Å². The Labute approximate surface area is 110 Å². The van der Waals surface area contributed by atoms with Gasteiger partial charge in [-0.2, -0.15) is 0 Å². The van der Waals surface area contributed by atoms with Crippen molar-refractivity contribution in [3.63, 3.8) is 0 Å². The molecule has 0 aliphatic heterocycles. The Bertz CT molecular complexity index is 398. The molecule has 2 rings (SSSR count). The standard InChI is InChI=1S/C16H24O2/c1-4-12-7-5-8-13(11-12)18-14-9-6-10-16(2,3)15(14)17/h5,7-8,11,14-15,17H,4,6,9-10H2,1-3H3. The maximum Gasteiger partial charge on any atom is 0.125 e. The number of benzene rings is 1. The largest absolute Gasteiger partial charge is 0.488 e. The van der Waals surface area contributed by atoms with Crippen LogP contribution in [0.5, 0.6) is 5.75 Å². The highest BCUT2D eigenvalue weighted by molar-refractivity contribution is 5.28. The van der Waals surface area contributed by atoms with Gasteiger partial charge in [0.1, 0.15) is 11.9 Å². The molecule has 2 heteroatoms. The molecule has 18 heavy (non-hydrogen) atoms. The summed E-state index contributed by atoms with van der Waals surface area (Å²) >= 11 is 0. The van der Waals surface area contributed by atoms with Gasteiger partial charge in [-0.1, -0.05) is 32.9 Å². The summed E-state index contributed by atoms with van der Waals surface area (Å²) in [5.74, 6) is 0.885. The number of hydrogen-bond acceptors (Lipinski definition) is 2. The van der Waals surface area contributed by atoms with E-state index in [4.69, 9.17) is 4.74 Å². The van der Waals surface area contributed by atoms with Gasteiger partial charge in [-0.25, -0.2) is 0 Å². The summed E-state index contributed by atoms with van der Waals surface area (Å²) in [7, 11) is 0. The summed E-state index contributed by atoms with van der Waals surface area (Å²) < 4.78 is 6.00. The first-order valence-electron chi connectivity index (χ1n) is 6.96. The van der Waals surface area contributed by atoms with Gasteiger partial charge in [0.15, 0.2) is 0 Å². The first-order valence-corrected chi connectivity index (χ1v) is 6.96. The molecule has 1 aromatic rings. The maximum atomic E-state index is 10.4. The minimum atomic E-state index is -0.378. The van der Waals surface area contributed by atoms with Crippen molar-refractivity contribution in [2.75, 3.05) is 0 Å². The summed E-state index contributed by atoms with van der Waals surface area (Å²) in [4.78, 5) is 0. The lowest BCUT2D eigenvalue weighted by molar-refractivity contribution is -0.0689. The Kier molecular flexibility index (Phi) is 3.96. The fourth-order valence-electron chi connectivity index (χ4n) is 2.70. The van der Waals surface area contributed by atoms with Gasteiger partial charge >= 0.3 is 0 Å². The molecular formula is C16H24O2. The number of aliphatic hydroxyl groups excluding tert-OH is 1. The summed E-state index contributed by atoms with van der Waals surface area (Å²) in [6.45, 7) is 6.38. The molecular weight excluding hydrogens is 224 g/mol. The average molecular weight is 248 g/mol. The highest BCUT2D eigenvalue weighted by atomic mass is 16.5. The number of hydrogen-bond donors (Lipinski definition) is 1. The van der Waals surface area contributed by atoms with Gasteiger partial charge in [0, 0.05) is 0 Å². The van der Waals surface area contributed by atoms with Crippen molar-refractivity contribution in [2.24, 2.45) is 5.41 Å². The molecule has 100 valence electrons. The summed E-state index contributed by atoms with van der Waals surface area (Å²) in [5, 5.41) is 10.4. The van der Waals surface area contributed by atoms with Crippen molar-refractivity contribution in [3.8, 4) is 5.75 Å². The van der Waals surface area contributed by atoms with E-state index in [-0.39, 0.29) is 17.6 Å². The highest BCUT2D eigenvalue weighted by Gasteiger charge is 2.38. The quantitative estimate of drug-likeness (QED) is 0.886. The van der Waals surface area contributed by atoms with Crippen molar-refractivity contribution < 1.29 is 9.84 Å². The molecule has 0 spiro atoms. The van der Waals surface area contributed by atoms with Gasteiger partial charge in [0.25, 0.3) is 0 Å². The van der Waals surface area contributed by atoms with Crippen LogP contribution in [0.3, 0.4) is 0 Å². The van der Waals surface area contributed by atoms with E-state index in [2.05, 4.69) is 32.9 Å². The zero-order valence-corrected chi connectivity index (χ0v) is 11.6. The Balaban J connectivity index is 2.08. The van der Waals surface area contributed by atoms with Crippen LogP contribution in [-0.2, 0) is 6.42 Å². The van der Waals surface area contributed by atoms with Crippen LogP contribution in [0, 0.1) is 5.41 Å². The van der Waals surface area contributed by atoms with Crippen molar-refractivity contribution in [2.45, 2.75) is 58.7 Å². The third-order valence-corrected chi connectivity index (χ3v) is 4.06. The molecule has 1 fully saturated rings. The Morgan fingerprint density at radius 3 is 2.89 bits per heavy atom. The Morgan fingerprint density at radius 2 is 2.17 bits per heavy atom. The van der Waals surface area contributed by atoms with Crippen LogP contribution in [0.2, 0.25) is 0 Å². The van der Waals surface area contributed by atoms with Crippen LogP contribution >= 0.6 is 0 Å². The van der Waals surface area contributed by atoms with E-state index < -0.39 is 0 Å². The van der Waals surface area contributed by atoms with E-state index in [1.54, 1.807) is 0 Å². The third kappa shape index (κ3) is 2.86. The highest BCUT2D eigenvalue weighted by Crippen LogP contribution is 2.37. The fourth-order valence-corrected chi connectivity index (χ4v) is 2.70. The van der Waals surface area contributed by atoms with E-state index in [1.807, 2.05) is 12.1 Å². The molecule has 0 bridgehead atoms. The SMILES string of the molecule is CCc1cccc(OC2CCCC(C)(C)C2O)c1. The molecule has 2 unspecified atom stereocenters. The van der Waals surface area contributed by atoms with E-state index in [1.165, 1.54) is 5.56 Å². The molecule has 2 nitrogen and oxygen atoms in total. The van der Waals surface area contributed by atoms with Gasteiger partial charge in [-0.3, -0.25) is 0 Å². The predicted octanol–water partition coefficient (Wildman–Crippen LogP) is 3.57. The summed E-state index contributed by atoms with van der Waals surface area (Å²) in [6.07, 6.45) is 3.71. The molecule has 1 N–H and O–H groups in total. The molecule has 0 heterocycles. The molecule has 1 aromatic carbocycles. The monoisotopic (exact) mass is 248 g/mol. The summed E-state index contributed by atoms with van der Waals surface area (Å²) in [5.41, 5.74) is 1.24. The first-order chi connectivity index (χ1) is 8.53. The number of aryl methyl sites for hydroxylation is 1. The smallest absolute Gasteiger partial charge is 0.125 e. The number of rotatable bonds is 3.